The van der Waals surface area contributed by atoms with E-state index >= 15 is 0 Å². The third-order valence-corrected chi connectivity index (χ3v) is 2.30. The molecule has 1 heterocycles. The first kappa shape index (κ1) is 11.3. The van der Waals surface area contributed by atoms with E-state index in [1.54, 1.807) is 36.7 Å². The molecule has 1 unspecified atom stereocenters. The standard InChI is InChI=1S/C11H11N3O3/c1-17-11(16)10(15)8-3-2-4-9(7-8)14-6-5-12-13-14/h2-7,10,15H,1H3. The van der Waals surface area contributed by atoms with Gasteiger partial charge in [0.2, 0.25) is 0 Å². The summed E-state index contributed by atoms with van der Waals surface area (Å²) in [6, 6.07) is 6.80. The Kier molecular flexibility index (Phi) is 3.15. The zero-order valence-electron chi connectivity index (χ0n) is 9.15. The third kappa shape index (κ3) is 2.31. The van der Waals surface area contributed by atoms with E-state index in [0.717, 1.165) is 0 Å². The summed E-state index contributed by atoms with van der Waals surface area (Å²) in [6.07, 6.45) is 1.93. The molecule has 0 spiro atoms. The van der Waals surface area contributed by atoms with Gasteiger partial charge in [0.1, 0.15) is 0 Å². The normalized spacial score (nSPS) is 12.1. The van der Waals surface area contributed by atoms with Crippen LogP contribution in [0.4, 0.5) is 0 Å². The Hall–Kier alpha value is -2.21. The number of ether oxygens (including phenoxy) is 1. The highest BCUT2D eigenvalue weighted by Crippen LogP contribution is 2.17. The van der Waals surface area contributed by atoms with Crippen LogP contribution in [0.3, 0.4) is 0 Å². The molecule has 2 aromatic rings. The number of carbonyl (C=O) groups excluding carboxylic acids is 1. The van der Waals surface area contributed by atoms with E-state index in [4.69, 9.17) is 0 Å². The van der Waals surface area contributed by atoms with Crippen molar-refractivity contribution in [3.05, 3.63) is 42.2 Å². The Bertz CT molecular complexity index is 510. The number of rotatable bonds is 3. The van der Waals surface area contributed by atoms with E-state index < -0.39 is 12.1 Å². The molecule has 1 aromatic heterocycles. The molecule has 1 atom stereocenters. The molecule has 17 heavy (non-hydrogen) atoms. The molecule has 0 saturated carbocycles. The molecule has 0 radical (unpaired) electrons. The molecule has 6 nitrogen and oxygen atoms in total. The Morgan fingerprint density at radius 1 is 1.53 bits per heavy atom. The highest BCUT2D eigenvalue weighted by Gasteiger charge is 2.18. The molecule has 88 valence electrons. The minimum atomic E-state index is -1.29. The maximum Gasteiger partial charge on any atom is 0.339 e. The number of aromatic nitrogens is 3. The molecule has 6 heteroatoms. The van der Waals surface area contributed by atoms with Gasteiger partial charge in [-0.25, -0.2) is 9.48 Å². The molecule has 0 amide bonds. The molecule has 1 N–H and O–H groups in total. The predicted octanol–water partition coefficient (Wildman–Crippen LogP) is 0.474. The first-order valence-electron chi connectivity index (χ1n) is 4.95. The smallest absolute Gasteiger partial charge is 0.339 e. The van der Waals surface area contributed by atoms with Crippen LogP contribution in [0.15, 0.2) is 36.7 Å². The van der Waals surface area contributed by atoms with E-state index in [1.807, 2.05) is 0 Å². The Labute approximate surface area is 97.4 Å². The summed E-state index contributed by atoms with van der Waals surface area (Å²) < 4.78 is 6.01. The van der Waals surface area contributed by atoms with Crippen LogP contribution in [-0.4, -0.2) is 33.2 Å². The van der Waals surface area contributed by atoms with Crippen molar-refractivity contribution in [2.45, 2.75) is 6.10 Å². The fraction of sp³-hybridized carbons (Fsp3) is 0.182. The predicted molar refractivity (Wildman–Crippen MR) is 58.3 cm³/mol. The summed E-state index contributed by atoms with van der Waals surface area (Å²) in [5.74, 6) is -0.694. The van der Waals surface area contributed by atoms with Gasteiger partial charge in [0.25, 0.3) is 0 Å². The summed E-state index contributed by atoms with van der Waals surface area (Å²) in [5.41, 5.74) is 1.16. The second-order valence-electron chi connectivity index (χ2n) is 3.37. The van der Waals surface area contributed by atoms with Crippen LogP contribution in [0.1, 0.15) is 11.7 Å². The lowest BCUT2D eigenvalue weighted by Crippen LogP contribution is -2.13. The van der Waals surface area contributed by atoms with Crippen LogP contribution in [0.25, 0.3) is 5.69 Å². The highest BCUT2D eigenvalue weighted by molar-refractivity contribution is 5.76. The van der Waals surface area contributed by atoms with Gasteiger partial charge in [0, 0.05) is 0 Å². The number of aliphatic hydroxyl groups is 1. The lowest BCUT2D eigenvalue weighted by Gasteiger charge is -2.09. The highest BCUT2D eigenvalue weighted by atomic mass is 16.5. The Morgan fingerprint density at radius 2 is 2.35 bits per heavy atom. The zero-order valence-corrected chi connectivity index (χ0v) is 9.15. The number of benzene rings is 1. The van der Waals surface area contributed by atoms with Crippen LogP contribution < -0.4 is 0 Å². The number of nitrogens with zero attached hydrogens (tertiary/aromatic N) is 3. The minimum Gasteiger partial charge on any atom is -0.467 e. The van der Waals surface area contributed by atoms with Crippen LogP contribution in [0.5, 0.6) is 0 Å². The largest absolute Gasteiger partial charge is 0.467 e. The van der Waals surface area contributed by atoms with Crippen molar-refractivity contribution in [1.82, 2.24) is 15.0 Å². The van der Waals surface area contributed by atoms with E-state index in [0.29, 0.717) is 11.3 Å². The van der Waals surface area contributed by atoms with Gasteiger partial charge in [0.05, 0.1) is 25.2 Å². The van der Waals surface area contributed by atoms with E-state index in [-0.39, 0.29) is 0 Å². The molecule has 0 bridgehead atoms. The van der Waals surface area contributed by atoms with Gasteiger partial charge < -0.3 is 9.84 Å². The van der Waals surface area contributed by atoms with Crippen molar-refractivity contribution < 1.29 is 14.6 Å². The second kappa shape index (κ2) is 4.75. The summed E-state index contributed by atoms with van der Waals surface area (Å²) in [5, 5.41) is 17.2. The fourth-order valence-electron chi connectivity index (χ4n) is 1.43. The molecule has 1 aromatic carbocycles. The number of carbonyl (C=O) groups is 1. The monoisotopic (exact) mass is 233 g/mol. The molecule has 0 aliphatic carbocycles. The Balaban J connectivity index is 2.32. The number of aliphatic hydroxyl groups excluding tert-OH is 1. The van der Waals surface area contributed by atoms with Crippen LogP contribution in [-0.2, 0) is 9.53 Å². The van der Waals surface area contributed by atoms with Gasteiger partial charge in [0.15, 0.2) is 6.10 Å². The molecular formula is C11H11N3O3. The molecule has 0 fully saturated rings. The van der Waals surface area contributed by atoms with Gasteiger partial charge in [-0.1, -0.05) is 17.3 Å². The van der Waals surface area contributed by atoms with Gasteiger partial charge in [-0.15, -0.1) is 5.10 Å². The minimum absolute atomic E-state index is 0.449. The molecule has 2 rings (SSSR count). The first-order chi connectivity index (χ1) is 8.22. The molecule has 0 aliphatic heterocycles. The van der Waals surface area contributed by atoms with Crippen molar-refractivity contribution in [2.24, 2.45) is 0 Å². The van der Waals surface area contributed by atoms with Crippen molar-refractivity contribution >= 4 is 5.97 Å². The quantitative estimate of drug-likeness (QED) is 0.780. The average molecular weight is 233 g/mol. The van der Waals surface area contributed by atoms with Gasteiger partial charge in [-0.3, -0.25) is 0 Å². The summed E-state index contributed by atoms with van der Waals surface area (Å²) in [7, 11) is 1.23. The van der Waals surface area contributed by atoms with E-state index in [1.165, 1.54) is 11.8 Å². The Morgan fingerprint density at radius 3 is 3.00 bits per heavy atom. The van der Waals surface area contributed by atoms with Crippen molar-refractivity contribution in [3.8, 4) is 5.69 Å². The first-order valence-corrected chi connectivity index (χ1v) is 4.95. The zero-order chi connectivity index (χ0) is 12.3. The summed E-state index contributed by atoms with van der Waals surface area (Å²) in [4.78, 5) is 11.2. The van der Waals surface area contributed by atoms with Crippen LogP contribution >= 0.6 is 0 Å². The van der Waals surface area contributed by atoms with Crippen molar-refractivity contribution in [1.29, 1.82) is 0 Å². The number of hydrogen-bond acceptors (Lipinski definition) is 5. The molecule has 0 aliphatic rings. The lowest BCUT2D eigenvalue weighted by atomic mass is 10.1. The number of hydrogen-bond donors (Lipinski definition) is 1. The van der Waals surface area contributed by atoms with Crippen LogP contribution in [0.2, 0.25) is 0 Å². The van der Waals surface area contributed by atoms with Gasteiger partial charge in [-0.05, 0) is 17.7 Å². The topological polar surface area (TPSA) is 77.2 Å². The second-order valence-corrected chi connectivity index (χ2v) is 3.37. The van der Waals surface area contributed by atoms with E-state index in [2.05, 4.69) is 15.0 Å². The number of esters is 1. The van der Waals surface area contributed by atoms with Crippen LogP contribution in [0, 0.1) is 0 Å². The number of methoxy groups -OCH3 is 1. The average Bonchev–Trinajstić information content (AvgIpc) is 2.91. The lowest BCUT2D eigenvalue weighted by molar-refractivity contribution is -0.150. The van der Waals surface area contributed by atoms with Crippen molar-refractivity contribution in [3.63, 3.8) is 0 Å². The van der Waals surface area contributed by atoms with Crippen molar-refractivity contribution in [2.75, 3.05) is 7.11 Å². The molecular weight excluding hydrogens is 222 g/mol. The maximum atomic E-state index is 11.2. The van der Waals surface area contributed by atoms with E-state index in [9.17, 15) is 9.90 Å². The fourth-order valence-corrected chi connectivity index (χ4v) is 1.43. The summed E-state index contributed by atoms with van der Waals surface area (Å²) in [6.45, 7) is 0. The van der Waals surface area contributed by atoms with Gasteiger partial charge in [-0.2, -0.15) is 0 Å². The summed E-state index contributed by atoms with van der Waals surface area (Å²) >= 11 is 0. The third-order valence-electron chi connectivity index (χ3n) is 2.30. The SMILES string of the molecule is COC(=O)C(O)c1cccc(-n2ccnn2)c1. The van der Waals surface area contributed by atoms with Gasteiger partial charge >= 0.3 is 5.97 Å². The molecule has 0 saturated heterocycles. The maximum absolute atomic E-state index is 11.2.